The van der Waals surface area contributed by atoms with Crippen LogP contribution in [0.5, 0.6) is 0 Å². The summed E-state index contributed by atoms with van der Waals surface area (Å²) >= 11 is 0. The highest BCUT2D eigenvalue weighted by molar-refractivity contribution is 5.92. The molecule has 4 heterocycles. The van der Waals surface area contributed by atoms with Crippen molar-refractivity contribution in [1.82, 2.24) is 9.30 Å². The van der Waals surface area contributed by atoms with Crippen molar-refractivity contribution in [3.8, 4) is 11.1 Å². The molecule has 0 aliphatic carbocycles. The minimum atomic E-state index is -0.886. The third-order valence-corrected chi connectivity index (χ3v) is 6.99. The summed E-state index contributed by atoms with van der Waals surface area (Å²) in [6.45, 7) is 10.5. The van der Waals surface area contributed by atoms with Crippen molar-refractivity contribution >= 4 is 17.2 Å². The van der Waals surface area contributed by atoms with Gasteiger partial charge in [-0.3, -0.25) is 4.90 Å². The topological polar surface area (TPSA) is 66.6 Å². The van der Waals surface area contributed by atoms with E-state index in [9.17, 15) is 9.90 Å². The molecule has 1 aromatic carbocycles. The average Bonchev–Trinajstić information content (AvgIpc) is 3.28. The summed E-state index contributed by atoms with van der Waals surface area (Å²) in [6.07, 6.45) is 2.14. The molecule has 2 aliphatic rings. The van der Waals surface area contributed by atoms with Gasteiger partial charge in [0.25, 0.3) is 0 Å². The monoisotopic (exact) mass is 449 g/mol. The predicted molar refractivity (Wildman–Crippen MR) is 128 cm³/mol. The molecule has 2 fully saturated rings. The fraction of sp³-hybridized carbons (Fsp3) is 0.423. The van der Waals surface area contributed by atoms with Crippen molar-refractivity contribution in [1.29, 1.82) is 0 Å². The van der Waals surface area contributed by atoms with Gasteiger partial charge in [-0.15, -0.1) is 0 Å². The van der Waals surface area contributed by atoms with E-state index < -0.39 is 5.97 Å². The molecule has 1 atom stereocenters. The van der Waals surface area contributed by atoms with Crippen molar-refractivity contribution < 1.29 is 19.4 Å². The van der Waals surface area contributed by atoms with Crippen LogP contribution < -0.4 is 4.90 Å². The maximum Gasteiger partial charge on any atom is 0.336 e. The summed E-state index contributed by atoms with van der Waals surface area (Å²) in [5, 5.41) is 9.86. The van der Waals surface area contributed by atoms with E-state index in [-0.39, 0.29) is 6.04 Å². The Morgan fingerprint density at radius 3 is 2.21 bits per heavy atom. The molecule has 2 aliphatic heterocycles. The fourth-order valence-electron chi connectivity index (χ4n) is 5.09. The number of hydrogen-bond acceptors (Lipinski definition) is 5. The number of benzene rings is 1. The van der Waals surface area contributed by atoms with Crippen LogP contribution in [0.2, 0.25) is 0 Å². The van der Waals surface area contributed by atoms with Crippen LogP contribution in [0.15, 0.2) is 42.6 Å². The predicted octanol–water partition coefficient (Wildman–Crippen LogP) is 3.84. The van der Waals surface area contributed by atoms with Crippen LogP contribution >= 0.6 is 0 Å². The lowest BCUT2D eigenvalue weighted by atomic mass is 10.0. The van der Waals surface area contributed by atoms with E-state index in [4.69, 9.17) is 9.47 Å². The molecule has 0 spiro atoms. The van der Waals surface area contributed by atoms with Crippen LogP contribution in [-0.2, 0) is 9.47 Å². The normalized spacial score (nSPS) is 18.5. The Labute approximate surface area is 194 Å². The highest BCUT2D eigenvalue weighted by atomic mass is 16.5. The third-order valence-electron chi connectivity index (χ3n) is 6.99. The van der Waals surface area contributed by atoms with Crippen molar-refractivity contribution in [2.75, 3.05) is 57.5 Å². The number of fused-ring (bicyclic) bond motifs is 1. The van der Waals surface area contributed by atoms with E-state index >= 15 is 0 Å². The van der Waals surface area contributed by atoms with Crippen LogP contribution in [0.1, 0.15) is 34.6 Å². The Hall–Kier alpha value is -2.87. The Bertz CT molecular complexity index is 1140. The highest BCUT2D eigenvalue weighted by Crippen LogP contribution is 2.32. The maximum atomic E-state index is 12.0. The Kier molecular flexibility index (Phi) is 6.10. The van der Waals surface area contributed by atoms with Crippen molar-refractivity contribution in [2.24, 2.45) is 0 Å². The Balaban J connectivity index is 1.54. The molecule has 1 unspecified atom stereocenters. The second kappa shape index (κ2) is 9.17. The molecule has 7 nitrogen and oxygen atoms in total. The summed E-state index contributed by atoms with van der Waals surface area (Å²) in [5.74, 6) is -0.886. The van der Waals surface area contributed by atoms with Gasteiger partial charge in [0.2, 0.25) is 0 Å². The zero-order valence-electron chi connectivity index (χ0n) is 19.3. The smallest absolute Gasteiger partial charge is 0.336 e. The molecule has 3 aromatic rings. The maximum absolute atomic E-state index is 12.0. The van der Waals surface area contributed by atoms with Crippen LogP contribution in [0.4, 0.5) is 5.69 Å². The van der Waals surface area contributed by atoms with Gasteiger partial charge in [0.1, 0.15) is 0 Å². The Morgan fingerprint density at radius 2 is 1.58 bits per heavy atom. The lowest BCUT2D eigenvalue weighted by Crippen LogP contribution is -2.39. The molecule has 2 saturated heterocycles. The van der Waals surface area contributed by atoms with E-state index in [1.54, 1.807) is 6.07 Å². The molecular weight excluding hydrogens is 418 g/mol. The number of pyridine rings is 1. The number of nitrogens with zero attached hydrogens (tertiary/aromatic N) is 3. The van der Waals surface area contributed by atoms with E-state index in [2.05, 4.69) is 57.7 Å². The molecule has 0 amide bonds. The van der Waals surface area contributed by atoms with Crippen molar-refractivity contribution in [2.45, 2.75) is 19.9 Å². The number of anilines is 1. The molecule has 5 rings (SSSR count). The number of carboxylic acid groups (broad SMARTS) is 1. The van der Waals surface area contributed by atoms with Crippen LogP contribution in [0.25, 0.3) is 16.6 Å². The zero-order valence-corrected chi connectivity index (χ0v) is 19.3. The minimum absolute atomic E-state index is 0.0830. The first-order valence-electron chi connectivity index (χ1n) is 11.7. The second-order valence-electron chi connectivity index (χ2n) is 8.87. The molecule has 174 valence electrons. The quantitative estimate of drug-likeness (QED) is 0.638. The van der Waals surface area contributed by atoms with Gasteiger partial charge in [-0.1, -0.05) is 12.1 Å². The summed E-state index contributed by atoms with van der Waals surface area (Å²) in [7, 11) is 0. The molecule has 0 bridgehead atoms. The number of aromatic nitrogens is 1. The molecule has 0 radical (unpaired) electrons. The number of rotatable bonds is 5. The summed E-state index contributed by atoms with van der Waals surface area (Å²) in [4.78, 5) is 16.7. The van der Waals surface area contributed by atoms with Gasteiger partial charge in [0.15, 0.2) is 0 Å². The van der Waals surface area contributed by atoms with Gasteiger partial charge in [-0.25, -0.2) is 4.79 Å². The molecule has 0 saturated carbocycles. The molecule has 1 N–H and O–H groups in total. The van der Waals surface area contributed by atoms with Crippen molar-refractivity contribution in [3.05, 3.63) is 59.4 Å². The first kappa shape index (κ1) is 21.9. The van der Waals surface area contributed by atoms with Crippen LogP contribution in [0, 0.1) is 6.92 Å². The number of hydrogen-bond donors (Lipinski definition) is 1. The number of carboxylic acids is 1. The lowest BCUT2D eigenvalue weighted by Gasteiger charge is -2.34. The number of aromatic carboxylic acids is 1. The van der Waals surface area contributed by atoms with Gasteiger partial charge in [0.05, 0.1) is 32.0 Å². The largest absolute Gasteiger partial charge is 0.478 e. The molecule has 7 heteroatoms. The number of carbonyl (C=O) groups is 1. The van der Waals surface area contributed by atoms with E-state index in [0.29, 0.717) is 18.8 Å². The van der Waals surface area contributed by atoms with Crippen LogP contribution in [-0.4, -0.2) is 73.0 Å². The van der Waals surface area contributed by atoms with E-state index in [1.807, 2.05) is 6.92 Å². The first-order valence-corrected chi connectivity index (χ1v) is 11.7. The molecule has 33 heavy (non-hydrogen) atoms. The van der Waals surface area contributed by atoms with Gasteiger partial charge >= 0.3 is 5.97 Å². The summed E-state index contributed by atoms with van der Waals surface area (Å²) in [6, 6.07) is 12.6. The van der Waals surface area contributed by atoms with Gasteiger partial charge < -0.3 is 23.9 Å². The number of ether oxygens (including phenoxy) is 2. The third kappa shape index (κ3) is 4.24. The van der Waals surface area contributed by atoms with E-state index in [0.717, 1.165) is 67.3 Å². The zero-order chi connectivity index (χ0) is 22.9. The highest BCUT2D eigenvalue weighted by Gasteiger charge is 2.25. The SMILES string of the molecule is Cc1c(C(=O)O)cc2cc(-c3ccc(N4CCOCC4)cc3)cn2c1C(C)N1CCOCC1. The van der Waals surface area contributed by atoms with Gasteiger partial charge in [-0.05, 0) is 49.2 Å². The van der Waals surface area contributed by atoms with Crippen LogP contribution in [0.3, 0.4) is 0 Å². The second-order valence-corrected chi connectivity index (χ2v) is 8.87. The molecular formula is C26H31N3O4. The van der Waals surface area contributed by atoms with Crippen molar-refractivity contribution in [3.63, 3.8) is 0 Å². The molecule has 2 aromatic heterocycles. The number of morpholine rings is 2. The lowest BCUT2D eigenvalue weighted by molar-refractivity contribution is 0.0187. The standard InChI is InChI=1S/C26H31N3O4/c1-18-24(26(30)31)16-23-15-21(17-29(23)25(18)19(2)27-7-11-32-12-8-27)20-3-5-22(6-4-20)28-9-13-33-14-10-28/h3-6,15-17,19H,7-14H2,1-2H3,(H,30,31). The average molecular weight is 450 g/mol. The first-order chi connectivity index (χ1) is 16.0. The summed E-state index contributed by atoms with van der Waals surface area (Å²) in [5.41, 5.74) is 6.53. The van der Waals surface area contributed by atoms with Gasteiger partial charge in [-0.2, -0.15) is 0 Å². The Morgan fingerprint density at radius 1 is 0.939 bits per heavy atom. The summed E-state index contributed by atoms with van der Waals surface area (Å²) < 4.78 is 13.2. The van der Waals surface area contributed by atoms with E-state index in [1.165, 1.54) is 5.69 Å². The van der Waals surface area contributed by atoms with Gasteiger partial charge in [0, 0.05) is 60.9 Å². The minimum Gasteiger partial charge on any atom is -0.478 e. The fourth-order valence-corrected chi connectivity index (χ4v) is 5.09.